The lowest BCUT2D eigenvalue weighted by Gasteiger charge is -2.13. The molecule has 0 radical (unpaired) electrons. The minimum atomic E-state index is -0.932. The van der Waals surface area contributed by atoms with E-state index in [0.717, 1.165) is 0 Å². The smallest absolute Gasteiger partial charge is 0.253 e. The summed E-state index contributed by atoms with van der Waals surface area (Å²) in [6.07, 6.45) is 0.601. The summed E-state index contributed by atoms with van der Waals surface area (Å²) < 4.78 is 14.1. The lowest BCUT2D eigenvalue weighted by atomic mass is 10.1. The van der Waals surface area contributed by atoms with E-state index in [1.807, 2.05) is 0 Å². The zero-order valence-corrected chi connectivity index (χ0v) is 12.1. The SMILES string of the molecule is Cc1cccn(CC(=O)NCC(O)c2ccc(F)cc2)c1=O. The first-order valence-corrected chi connectivity index (χ1v) is 6.83. The number of benzene rings is 1. The van der Waals surface area contributed by atoms with Gasteiger partial charge in [-0.1, -0.05) is 18.2 Å². The van der Waals surface area contributed by atoms with Crippen LogP contribution in [0.1, 0.15) is 17.2 Å². The van der Waals surface area contributed by atoms with E-state index in [0.29, 0.717) is 11.1 Å². The largest absolute Gasteiger partial charge is 0.387 e. The van der Waals surface area contributed by atoms with Gasteiger partial charge in [-0.2, -0.15) is 0 Å². The van der Waals surface area contributed by atoms with Gasteiger partial charge in [0.05, 0.1) is 6.10 Å². The second-order valence-corrected chi connectivity index (χ2v) is 5.00. The molecule has 1 heterocycles. The molecule has 0 aliphatic rings. The molecule has 1 atom stereocenters. The molecule has 0 aliphatic carbocycles. The highest BCUT2D eigenvalue weighted by molar-refractivity contribution is 5.75. The summed E-state index contributed by atoms with van der Waals surface area (Å²) in [5.74, 6) is -0.771. The molecule has 2 N–H and O–H groups in total. The van der Waals surface area contributed by atoms with Crippen molar-refractivity contribution < 1.29 is 14.3 Å². The van der Waals surface area contributed by atoms with Gasteiger partial charge in [-0.05, 0) is 30.7 Å². The third-order valence-corrected chi connectivity index (χ3v) is 3.27. The van der Waals surface area contributed by atoms with Crippen LogP contribution < -0.4 is 10.9 Å². The molecule has 6 heteroatoms. The molecule has 1 unspecified atom stereocenters. The van der Waals surface area contributed by atoms with Crippen LogP contribution in [-0.2, 0) is 11.3 Å². The van der Waals surface area contributed by atoms with Gasteiger partial charge in [0, 0.05) is 18.3 Å². The molecule has 116 valence electrons. The predicted molar refractivity (Wildman–Crippen MR) is 79.8 cm³/mol. The van der Waals surface area contributed by atoms with Crippen LogP contribution in [0, 0.1) is 12.7 Å². The third kappa shape index (κ3) is 4.02. The van der Waals surface area contributed by atoms with Crippen molar-refractivity contribution in [2.45, 2.75) is 19.6 Å². The Labute approximate surface area is 127 Å². The van der Waals surface area contributed by atoms with Crippen molar-refractivity contribution in [1.82, 2.24) is 9.88 Å². The third-order valence-electron chi connectivity index (χ3n) is 3.27. The van der Waals surface area contributed by atoms with Gasteiger partial charge in [-0.3, -0.25) is 9.59 Å². The first kappa shape index (κ1) is 15.9. The van der Waals surface area contributed by atoms with E-state index in [1.165, 1.54) is 35.0 Å². The molecule has 0 saturated heterocycles. The first-order chi connectivity index (χ1) is 10.5. The standard InChI is InChI=1S/C16H17FN2O3/c1-11-3-2-8-19(16(11)22)10-15(21)18-9-14(20)12-4-6-13(17)7-5-12/h2-8,14,20H,9-10H2,1H3,(H,18,21). The van der Waals surface area contributed by atoms with Crippen LogP contribution in [0.3, 0.4) is 0 Å². The summed E-state index contributed by atoms with van der Waals surface area (Å²) in [5, 5.41) is 12.5. The molecule has 0 fully saturated rings. The van der Waals surface area contributed by atoms with Gasteiger partial charge in [0.2, 0.25) is 5.91 Å². The van der Waals surface area contributed by atoms with Gasteiger partial charge in [0.25, 0.3) is 5.56 Å². The molecule has 22 heavy (non-hydrogen) atoms. The quantitative estimate of drug-likeness (QED) is 0.870. The summed E-state index contributed by atoms with van der Waals surface area (Å²) >= 11 is 0. The van der Waals surface area contributed by atoms with Crippen LogP contribution in [0.4, 0.5) is 4.39 Å². The van der Waals surface area contributed by atoms with Crippen LogP contribution in [0.2, 0.25) is 0 Å². The van der Waals surface area contributed by atoms with Crippen LogP contribution in [0.15, 0.2) is 47.4 Å². The average Bonchev–Trinajstić information content (AvgIpc) is 2.50. The number of nitrogens with zero attached hydrogens (tertiary/aromatic N) is 1. The minimum Gasteiger partial charge on any atom is -0.387 e. The lowest BCUT2D eigenvalue weighted by Crippen LogP contribution is -2.34. The zero-order valence-electron chi connectivity index (χ0n) is 12.1. The number of hydrogen-bond acceptors (Lipinski definition) is 3. The molecule has 2 aromatic rings. The van der Waals surface area contributed by atoms with Crippen LogP contribution >= 0.6 is 0 Å². The van der Waals surface area contributed by atoms with Crippen LogP contribution in [0.25, 0.3) is 0 Å². The maximum atomic E-state index is 12.8. The Morgan fingerprint density at radius 1 is 1.32 bits per heavy atom. The van der Waals surface area contributed by atoms with E-state index in [9.17, 15) is 19.1 Å². The number of aryl methyl sites for hydroxylation is 1. The topological polar surface area (TPSA) is 71.3 Å². The van der Waals surface area contributed by atoms with Crippen LogP contribution in [0.5, 0.6) is 0 Å². The van der Waals surface area contributed by atoms with Gasteiger partial charge in [0.15, 0.2) is 0 Å². The fourth-order valence-corrected chi connectivity index (χ4v) is 2.01. The van der Waals surface area contributed by atoms with Crippen molar-refractivity contribution in [2.24, 2.45) is 0 Å². The number of nitrogens with one attached hydrogen (secondary N) is 1. The second kappa shape index (κ2) is 7.00. The van der Waals surface area contributed by atoms with Crippen molar-refractivity contribution in [2.75, 3.05) is 6.54 Å². The minimum absolute atomic E-state index is 0.00890. The summed E-state index contributed by atoms with van der Waals surface area (Å²) in [6, 6.07) is 8.76. The van der Waals surface area contributed by atoms with Gasteiger partial charge in [-0.15, -0.1) is 0 Å². The van der Waals surface area contributed by atoms with E-state index >= 15 is 0 Å². The maximum Gasteiger partial charge on any atom is 0.253 e. The van der Waals surface area contributed by atoms with Crippen molar-refractivity contribution >= 4 is 5.91 Å². The van der Waals surface area contributed by atoms with E-state index in [-0.39, 0.29) is 30.4 Å². The molecular weight excluding hydrogens is 287 g/mol. The van der Waals surface area contributed by atoms with Crippen molar-refractivity contribution in [1.29, 1.82) is 0 Å². The highest BCUT2D eigenvalue weighted by atomic mass is 19.1. The summed E-state index contributed by atoms with van der Waals surface area (Å²) in [5.41, 5.74) is 0.841. The number of pyridine rings is 1. The Morgan fingerprint density at radius 3 is 2.68 bits per heavy atom. The number of carbonyl (C=O) groups excluding carboxylic acids is 1. The van der Waals surface area contributed by atoms with Crippen molar-refractivity contribution in [3.8, 4) is 0 Å². The summed E-state index contributed by atoms with van der Waals surface area (Å²) in [6.45, 7) is 1.55. The molecule has 2 rings (SSSR count). The van der Waals surface area contributed by atoms with Crippen LogP contribution in [-0.4, -0.2) is 22.1 Å². The molecule has 5 nitrogen and oxygen atoms in total. The maximum absolute atomic E-state index is 12.8. The number of rotatable bonds is 5. The van der Waals surface area contributed by atoms with Crippen molar-refractivity contribution in [3.63, 3.8) is 0 Å². The monoisotopic (exact) mass is 304 g/mol. The number of aliphatic hydroxyl groups is 1. The highest BCUT2D eigenvalue weighted by Gasteiger charge is 2.10. The van der Waals surface area contributed by atoms with Crippen molar-refractivity contribution in [3.05, 3.63) is 69.9 Å². The fourth-order valence-electron chi connectivity index (χ4n) is 2.01. The Balaban J connectivity index is 1.91. The predicted octanol–water partition coefficient (Wildman–Crippen LogP) is 1.15. The Morgan fingerprint density at radius 2 is 2.00 bits per heavy atom. The summed E-state index contributed by atoms with van der Waals surface area (Å²) in [7, 11) is 0. The molecule has 0 aliphatic heterocycles. The van der Waals surface area contributed by atoms with Gasteiger partial charge >= 0.3 is 0 Å². The van der Waals surface area contributed by atoms with E-state index in [2.05, 4.69) is 5.32 Å². The first-order valence-electron chi connectivity index (χ1n) is 6.83. The molecular formula is C16H17FN2O3. The number of amides is 1. The molecule has 1 aromatic heterocycles. The normalized spacial score (nSPS) is 12.0. The molecule has 1 aromatic carbocycles. The zero-order chi connectivity index (χ0) is 16.1. The lowest BCUT2D eigenvalue weighted by molar-refractivity contribution is -0.122. The van der Waals surface area contributed by atoms with E-state index < -0.39 is 6.10 Å². The molecule has 0 saturated carbocycles. The number of aromatic nitrogens is 1. The number of carbonyl (C=O) groups is 1. The molecule has 0 bridgehead atoms. The number of hydrogen-bond donors (Lipinski definition) is 2. The van der Waals surface area contributed by atoms with E-state index in [1.54, 1.807) is 19.1 Å². The average molecular weight is 304 g/mol. The molecule has 0 spiro atoms. The second-order valence-electron chi connectivity index (χ2n) is 5.00. The Bertz CT molecular complexity index is 710. The van der Waals surface area contributed by atoms with E-state index in [4.69, 9.17) is 0 Å². The van der Waals surface area contributed by atoms with Gasteiger partial charge in [0.1, 0.15) is 12.4 Å². The summed E-state index contributed by atoms with van der Waals surface area (Å²) in [4.78, 5) is 23.6. The number of aliphatic hydroxyl groups excluding tert-OH is 1. The number of halogens is 1. The fraction of sp³-hybridized carbons (Fsp3) is 0.250. The highest BCUT2D eigenvalue weighted by Crippen LogP contribution is 2.12. The molecule has 1 amide bonds. The van der Waals surface area contributed by atoms with Gasteiger partial charge < -0.3 is 15.0 Å². The Kier molecular flexibility index (Phi) is 5.06. The Hall–Kier alpha value is -2.47. The van der Waals surface area contributed by atoms with Gasteiger partial charge in [-0.25, -0.2) is 4.39 Å².